The molecule has 0 saturated carbocycles. The first-order valence-electron chi connectivity index (χ1n) is 5.26. The Morgan fingerprint density at radius 1 is 1.13 bits per heavy atom. The second kappa shape index (κ2) is 4.23. The predicted molar refractivity (Wildman–Crippen MR) is 70.0 cm³/mol. The molecule has 0 radical (unpaired) electrons. The Kier molecular flexibility index (Phi) is 3.40. The van der Waals surface area contributed by atoms with Crippen molar-refractivity contribution in [3.63, 3.8) is 0 Å². The zero-order valence-corrected chi connectivity index (χ0v) is 11.3. The molecule has 0 unspecified atom stereocenters. The Morgan fingerprint density at radius 2 is 1.60 bits per heavy atom. The monoisotopic (exact) mass is 220 g/mol. The maximum absolute atomic E-state index is 6.07. The maximum atomic E-state index is 6.07. The summed E-state index contributed by atoms with van der Waals surface area (Å²) in [5, 5.41) is 0. The van der Waals surface area contributed by atoms with E-state index >= 15 is 0 Å². The van der Waals surface area contributed by atoms with Crippen LogP contribution in [0.1, 0.15) is 16.7 Å². The molecule has 1 aromatic rings. The van der Waals surface area contributed by atoms with Crippen molar-refractivity contribution in [2.45, 2.75) is 33.5 Å². The second-order valence-corrected chi connectivity index (χ2v) is 9.33. The smallest absolute Gasteiger partial charge is 0.242 e. The van der Waals surface area contributed by atoms with Gasteiger partial charge in [0.25, 0.3) is 0 Å². The van der Waals surface area contributed by atoms with E-state index in [4.69, 9.17) is 4.43 Å². The molecule has 0 spiro atoms. The SMILES string of the molecule is C=Cc1cc(C)c(O[Si](C)(C)C)c(C)c1. The largest absolute Gasteiger partial charge is 0.544 e. The van der Waals surface area contributed by atoms with Crippen LogP contribution in [0.3, 0.4) is 0 Å². The number of hydrogen-bond donors (Lipinski definition) is 0. The topological polar surface area (TPSA) is 9.23 Å². The van der Waals surface area contributed by atoms with Crippen molar-refractivity contribution in [1.29, 1.82) is 0 Å². The van der Waals surface area contributed by atoms with E-state index in [-0.39, 0.29) is 0 Å². The van der Waals surface area contributed by atoms with E-state index in [1.807, 2.05) is 6.08 Å². The molecule has 1 nitrogen and oxygen atoms in total. The molecule has 0 aliphatic heterocycles. The van der Waals surface area contributed by atoms with Crippen LogP contribution in [0.15, 0.2) is 18.7 Å². The molecule has 0 saturated heterocycles. The average Bonchev–Trinajstić information content (AvgIpc) is 2.09. The Labute approximate surface area is 93.9 Å². The molecule has 0 fully saturated rings. The highest BCUT2D eigenvalue weighted by molar-refractivity contribution is 6.70. The lowest BCUT2D eigenvalue weighted by atomic mass is 10.1. The lowest BCUT2D eigenvalue weighted by Crippen LogP contribution is -2.30. The number of benzene rings is 1. The summed E-state index contributed by atoms with van der Waals surface area (Å²) in [5.74, 6) is 1.06. The third kappa shape index (κ3) is 3.24. The molecule has 15 heavy (non-hydrogen) atoms. The van der Waals surface area contributed by atoms with Gasteiger partial charge in [-0.25, -0.2) is 0 Å². The van der Waals surface area contributed by atoms with E-state index in [0.717, 1.165) is 11.3 Å². The summed E-state index contributed by atoms with van der Waals surface area (Å²) in [5.41, 5.74) is 3.56. The summed E-state index contributed by atoms with van der Waals surface area (Å²) in [6.45, 7) is 14.6. The number of rotatable bonds is 3. The van der Waals surface area contributed by atoms with Crippen molar-refractivity contribution >= 4 is 14.4 Å². The fourth-order valence-corrected chi connectivity index (χ4v) is 2.50. The minimum atomic E-state index is -1.51. The summed E-state index contributed by atoms with van der Waals surface area (Å²) >= 11 is 0. The lowest BCUT2D eigenvalue weighted by Gasteiger charge is -2.23. The van der Waals surface area contributed by atoms with E-state index in [2.05, 4.69) is 52.2 Å². The first-order chi connectivity index (χ1) is 6.83. The quantitative estimate of drug-likeness (QED) is 0.695. The van der Waals surface area contributed by atoms with Gasteiger partial charge in [0.1, 0.15) is 5.75 Å². The Balaban J connectivity index is 3.14. The van der Waals surface area contributed by atoms with Gasteiger partial charge in [-0.3, -0.25) is 0 Å². The van der Waals surface area contributed by atoms with Gasteiger partial charge < -0.3 is 4.43 Å². The third-order valence-corrected chi connectivity index (χ3v) is 2.94. The fourth-order valence-electron chi connectivity index (χ4n) is 1.57. The standard InChI is InChI=1S/C13H20OSi/c1-7-12-8-10(2)13(11(3)9-12)14-15(4,5)6/h7-9H,1H2,2-6H3. The molecule has 1 aromatic carbocycles. The zero-order valence-electron chi connectivity index (χ0n) is 10.3. The van der Waals surface area contributed by atoms with Crippen LogP contribution >= 0.6 is 0 Å². The summed E-state index contributed by atoms with van der Waals surface area (Å²) in [6, 6.07) is 4.24. The molecular formula is C13H20OSi. The average molecular weight is 220 g/mol. The van der Waals surface area contributed by atoms with E-state index in [1.54, 1.807) is 0 Å². The van der Waals surface area contributed by atoms with Gasteiger partial charge in [-0.05, 0) is 62.3 Å². The highest BCUT2D eigenvalue weighted by Gasteiger charge is 2.18. The Bertz CT molecular complexity index is 352. The van der Waals surface area contributed by atoms with E-state index in [0.29, 0.717) is 0 Å². The molecule has 1 rings (SSSR count). The summed E-state index contributed by atoms with van der Waals surface area (Å²) < 4.78 is 6.07. The minimum absolute atomic E-state index is 1.06. The molecule has 0 bridgehead atoms. The predicted octanol–water partition coefficient (Wildman–Crippen LogP) is 4.16. The summed E-state index contributed by atoms with van der Waals surface area (Å²) in [6.07, 6.45) is 1.87. The molecule has 0 heterocycles. The van der Waals surface area contributed by atoms with Gasteiger partial charge in [-0.2, -0.15) is 0 Å². The molecular weight excluding hydrogens is 200 g/mol. The van der Waals surface area contributed by atoms with Crippen LogP contribution in [0.2, 0.25) is 19.6 Å². The highest BCUT2D eigenvalue weighted by Crippen LogP contribution is 2.27. The number of hydrogen-bond acceptors (Lipinski definition) is 1. The molecule has 82 valence electrons. The maximum Gasteiger partial charge on any atom is 0.242 e. The van der Waals surface area contributed by atoms with Crippen molar-refractivity contribution in [2.24, 2.45) is 0 Å². The van der Waals surface area contributed by atoms with Crippen molar-refractivity contribution in [3.05, 3.63) is 35.4 Å². The van der Waals surface area contributed by atoms with Crippen LogP contribution < -0.4 is 4.43 Å². The molecule has 0 amide bonds. The van der Waals surface area contributed by atoms with Gasteiger partial charge in [0.15, 0.2) is 0 Å². The lowest BCUT2D eigenvalue weighted by molar-refractivity contribution is 0.548. The van der Waals surface area contributed by atoms with Crippen LogP contribution in [0.25, 0.3) is 6.08 Å². The van der Waals surface area contributed by atoms with Crippen molar-refractivity contribution in [1.82, 2.24) is 0 Å². The van der Waals surface area contributed by atoms with Crippen LogP contribution in [0, 0.1) is 13.8 Å². The Morgan fingerprint density at radius 3 is 1.93 bits per heavy atom. The van der Waals surface area contributed by atoms with Gasteiger partial charge >= 0.3 is 0 Å². The van der Waals surface area contributed by atoms with Gasteiger partial charge in [0.2, 0.25) is 8.32 Å². The van der Waals surface area contributed by atoms with Crippen LogP contribution in [-0.4, -0.2) is 8.32 Å². The van der Waals surface area contributed by atoms with Crippen LogP contribution in [-0.2, 0) is 0 Å². The molecule has 0 aliphatic carbocycles. The van der Waals surface area contributed by atoms with Crippen molar-refractivity contribution in [3.8, 4) is 5.75 Å². The van der Waals surface area contributed by atoms with E-state index in [1.165, 1.54) is 11.1 Å². The van der Waals surface area contributed by atoms with Crippen LogP contribution in [0.5, 0.6) is 5.75 Å². The molecule has 0 aromatic heterocycles. The zero-order chi connectivity index (χ0) is 11.6. The van der Waals surface area contributed by atoms with E-state index in [9.17, 15) is 0 Å². The van der Waals surface area contributed by atoms with Gasteiger partial charge in [-0.1, -0.05) is 12.7 Å². The third-order valence-electron chi connectivity index (χ3n) is 2.13. The highest BCUT2D eigenvalue weighted by atomic mass is 28.4. The minimum Gasteiger partial charge on any atom is -0.544 e. The first kappa shape index (κ1) is 12.0. The molecule has 0 N–H and O–H groups in total. The fraction of sp³-hybridized carbons (Fsp3) is 0.385. The van der Waals surface area contributed by atoms with Gasteiger partial charge in [0, 0.05) is 0 Å². The Hall–Kier alpha value is -1.02. The van der Waals surface area contributed by atoms with Crippen LogP contribution in [0.4, 0.5) is 0 Å². The number of aryl methyl sites for hydroxylation is 2. The second-order valence-electron chi connectivity index (χ2n) is 4.90. The molecule has 2 heteroatoms. The molecule has 0 aliphatic rings. The summed E-state index contributed by atoms with van der Waals surface area (Å²) in [7, 11) is -1.51. The first-order valence-corrected chi connectivity index (χ1v) is 8.67. The van der Waals surface area contributed by atoms with Crippen molar-refractivity contribution < 1.29 is 4.43 Å². The summed E-state index contributed by atoms with van der Waals surface area (Å²) in [4.78, 5) is 0. The molecule has 0 atom stereocenters. The normalized spacial score (nSPS) is 11.3. The van der Waals surface area contributed by atoms with Gasteiger partial charge in [-0.15, -0.1) is 0 Å². The van der Waals surface area contributed by atoms with Gasteiger partial charge in [0.05, 0.1) is 0 Å². The van der Waals surface area contributed by atoms with Crippen molar-refractivity contribution in [2.75, 3.05) is 0 Å². The van der Waals surface area contributed by atoms with E-state index < -0.39 is 8.32 Å².